The lowest BCUT2D eigenvalue weighted by Gasteiger charge is -2.25. The molecule has 8 heteroatoms. The van der Waals surface area contributed by atoms with Crippen LogP contribution in [0.4, 0.5) is 0 Å². The standard InChI is InChI=1S/C22H22ClNO6/c1-28-10-9-24-19(13-7-8-16(29-2)17(12-13)30-3)18(21(26)22(24)27)20(25)14-5-4-6-15(23)11-14/h4-8,11-12,19,25H,9-10H2,1-3H3/b20-18-. The Balaban J connectivity index is 2.20. The van der Waals surface area contributed by atoms with E-state index in [0.717, 1.165) is 0 Å². The van der Waals surface area contributed by atoms with Gasteiger partial charge in [-0.1, -0.05) is 29.8 Å². The molecule has 7 nitrogen and oxygen atoms in total. The first kappa shape index (κ1) is 21.7. The van der Waals surface area contributed by atoms with Gasteiger partial charge in [-0.2, -0.15) is 0 Å². The van der Waals surface area contributed by atoms with Crippen LogP contribution in [0.1, 0.15) is 17.2 Å². The molecule has 1 aliphatic heterocycles. The summed E-state index contributed by atoms with van der Waals surface area (Å²) in [5.74, 6) is -0.839. The third-order valence-electron chi connectivity index (χ3n) is 4.90. The van der Waals surface area contributed by atoms with Gasteiger partial charge in [0.1, 0.15) is 5.76 Å². The van der Waals surface area contributed by atoms with Crippen LogP contribution in [0.25, 0.3) is 5.76 Å². The third kappa shape index (κ3) is 3.99. The number of rotatable bonds is 7. The van der Waals surface area contributed by atoms with Crippen LogP contribution in [-0.4, -0.2) is 56.2 Å². The number of aliphatic hydroxyl groups is 1. The number of aliphatic hydroxyl groups excluding tert-OH is 1. The molecule has 3 rings (SSSR count). The molecule has 0 aliphatic carbocycles. The predicted molar refractivity (Wildman–Crippen MR) is 112 cm³/mol. The molecule has 0 aromatic heterocycles. The van der Waals surface area contributed by atoms with Crippen LogP contribution >= 0.6 is 11.6 Å². The van der Waals surface area contributed by atoms with Crippen molar-refractivity contribution in [3.63, 3.8) is 0 Å². The average Bonchev–Trinajstić information content (AvgIpc) is 3.01. The number of Topliss-reactive ketones (excluding diaryl/α,β-unsaturated/α-hetero) is 1. The van der Waals surface area contributed by atoms with Crippen LogP contribution < -0.4 is 9.47 Å². The molecule has 1 aliphatic rings. The summed E-state index contributed by atoms with van der Waals surface area (Å²) >= 11 is 6.04. The maximum absolute atomic E-state index is 12.9. The van der Waals surface area contributed by atoms with E-state index >= 15 is 0 Å². The van der Waals surface area contributed by atoms with Gasteiger partial charge in [0.2, 0.25) is 0 Å². The van der Waals surface area contributed by atoms with Crippen molar-refractivity contribution in [3.05, 3.63) is 64.2 Å². The second kappa shape index (κ2) is 9.19. The average molecular weight is 432 g/mol. The number of benzene rings is 2. The van der Waals surface area contributed by atoms with E-state index in [0.29, 0.717) is 27.6 Å². The number of ether oxygens (including phenoxy) is 3. The maximum atomic E-state index is 12.9. The van der Waals surface area contributed by atoms with Gasteiger partial charge in [-0.15, -0.1) is 0 Å². The summed E-state index contributed by atoms with van der Waals surface area (Å²) in [5.41, 5.74) is 0.912. The Labute approximate surface area is 179 Å². The predicted octanol–water partition coefficient (Wildman–Crippen LogP) is 3.43. The van der Waals surface area contributed by atoms with Gasteiger partial charge < -0.3 is 24.2 Å². The van der Waals surface area contributed by atoms with Crippen molar-refractivity contribution >= 4 is 29.1 Å². The number of hydrogen-bond donors (Lipinski definition) is 1. The highest BCUT2D eigenvalue weighted by Crippen LogP contribution is 2.41. The van der Waals surface area contributed by atoms with Crippen molar-refractivity contribution in [1.29, 1.82) is 0 Å². The molecule has 1 unspecified atom stereocenters. The third-order valence-corrected chi connectivity index (χ3v) is 5.13. The lowest BCUT2D eigenvalue weighted by molar-refractivity contribution is -0.140. The van der Waals surface area contributed by atoms with E-state index in [1.807, 2.05) is 0 Å². The molecule has 30 heavy (non-hydrogen) atoms. The molecular formula is C22H22ClNO6. The normalized spacial score (nSPS) is 18.0. The minimum absolute atomic E-state index is 0.0226. The molecule has 1 atom stereocenters. The molecule has 2 aromatic rings. The highest BCUT2D eigenvalue weighted by molar-refractivity contribution is 6.46. The highest BCUT2D eigenvalue weighted by atomic mass is 35.5. The second-order valence-electron chi connectivity index (χ2n) is 6.61. The summed E-state index contributed by atoms with van der Waals surface area (Å²) in [7, 11) is 4.52. The van der Waals surface area contributed by atoms with E-state index in [-0.39, 0.29) is 24.5 Å². The molecule has 0 bridgehead atoms. The number of carbonyl (C=O) groups excluding carboxylic acids is 2. The number of nitrogens with zero attached hydrogens (tertiary/aromatic N) is 1. The van der Waals surface area contributed by atoms with Crippen molar-refractivity contribution in [2.45, 2.75) is 6.04 Å². The fraction of sp³-hybridized carbons (Fsp3) is 0.273. The van der Waals surface area contributed by atoms with Crippen LogP contribution in [0.15, 0.2) is 48.0 Å². The number of ketones is 1. The van der Waals surface area contributed by atoms with Gasteiger partial charge in [-0.05, 0) is 29.8 Å². The minimum Gasteiger partial charge on any atom is -0.507 e. The molecule has 1 N–H and O–H groups in total. The Morgan fingerprint density at radius 1 is 1.07 bits per heavy atom. The molecule has 1 amide bonds. The molecule has 1 saturated heterocycles. The Morgan fingerprint density at radius 3 is 2.43 bits per heavy atom. The van der Waals surface area contributed by atoms with E-state index in [2.05, 4.69) is 0 Å². The minimum atomic E-state index is -0.820. The first-order valence-corrected chi connectivity index (χ1v) is 9.56. The second-order valence-corrected chi connectivity index (χ2v) is 7.05. The molecular weight excluding hydrogens is 410 g/mol. The number of halogens is 1. The van der Waals surface area contributed by atoms with Crippen molar-refractivity contribution in [2.75, 3.05) is 34.5 Å². The maximum Gasteiger partial charge on any atom is 0.295 e. The highest BCUT2D eigenvalue weighted by Gasteiger charge is 2.46. The largest absolute Gasteiger partial charge is 0.507 e. The summed E-state index contributed by atoms with van der Waals surface area (Å²) in [6.07, 6.45) is 0. The first-order valence-electron chi connectivity index (χ1n) is 9.18. The zero-order valence-electron chi connectivity index (χ0n) is 16.8. The van der Waals surface area contributed by atoms with Gasteiger partial charge in [-0.3, -0.25) is 9.59 Å². The lowest BCUT2D eigenvalue weighted by atomic mass is 9.95. The van der Waals surface area contributed by atoms with Crippen molar-refractivity contribution in [3.8, 4) is 11.5 Å². The van der Waals surface area contributed by atoms with Crippen LogP contribution in [0.3, 0.4) is 0 Å². The molecule has 0 saturated carbocycles. The molecule has 158 valence electrons. The van der Waals surface area contributed by atoms with E-state index in [1.54, 1.807) is 36.4 Å². The summed E-state index contributed by atoms with van der Waals surface area (Å²) in [6.45, 7) is 0.403. The topological polar surface area (TPSA) is 85.3 Å². The van der Waals surface area contributed by atoms with Gasteiger partial charge in [0, 0.05) is 24.2 Å². The molecule has 1 fully saturated rings. The number of methoxy groups -OCH3 is 3. The number of carbonyl (C=O) groups is 2. The Hall–Kier alpha value is -3.03. The number of amides is 1. The van der Waals surface area contributed by atoms with Crippen molar-refractivity contribution in [1.82, 2.24) is 4.90 Å². The molecule has 1 heterocycles. The fourth-order valence-electron chi connectivity index (χ4n) is 3.46. The molecule has 0 radical (unpaired) electrons. The monoisotopic (exact) mass is 431 g/mol. The Morgan fingerprint density at radius 2 is 1.80 bits per heavy atom. The van der Waals surface area contributed by atoms with Gasteiger partial charge >= 0.3 is 0 Å². The fourth-order valence-corrected chi connectivity index (χ4v) is 3.65. The van der Waals surface area contributed by atoms with Crippen LogP contribution in [0.2, 0.25) is 5.02 Å². The molecule has 2 aromatic carbocycles. The zero-order valence-corrected chi connectivity index (χ0v) is 17.6. The summed E-state index contributed by atoms with van der Waals surface area (Å²) in [5, 5.41) is 11.4. The van der Waals surface area contributed by atoms with Crippen LogP contribution in [-0.2, 0) is 14.3 Å². The molecule has 0 spiro atoms. The zero-order chi connectivity index (χ0) is 21.8. The lowest BCUT2D eigenvalue weighted by Crippen LogP contribution is -2.32. The van der Waals surface area contributed by atoms with Gasteiger partial charge in [0.05, 0.1) is 32.4 Å². The van der Waals surface area contributed by atoms with Crippen molar-refractivity contribution in [2.24, 2.45) is 0 Å². The first-order chi connectivity index (χ1) is 14.4. The Kier molecular flexibility index (Phi) is 6.64. The summed E-state index contributed by atoms with van der Waals surface area (Å²) in [6, 6.07) is 10.7. The van der Waals surface area contributed by atoms with E-state index < -0.39 is 17.7 Å². The van der Waals surface area contributed by atoms with E-state index in [4.69, 9.17) is 25.8 Å². The number of hydrogen-bond acceptors (Lipinski definition) is 6. The quantitative estimate of drug-likeness (QED) is 0.410. The van der Waals surface area contributed by atoms with E-state index in [9.17, 15) is 14.7 Å². The smallest absolute Gasteiger partial charge is 0.295 e. The van der Waals surface area contributed by atoms with Crippen molar-refractivity contribution < 1.29 is 28.9 Å². The Bertz CT molecular complexity index is 1000. The SMILES string of the molecule is COCCN1C(=O)C(=O)/C(=C(\O)c2cccc(Cl)c2)C1c1ccc(OC)c(OC)c1. The van der Waals surface area contributed by atoms with Gasteiger partial charge in [-0.25, -0.2) is 0 Å². The number of likely N-dealkylation sites (tertiary alicyclic amines) is 1. The van der Waals surface area contributed by atoms with Gasteiger partial charge in [0.15, 0.2) is 11.5 Å². The van der Waals surface area contributed by atoms with Crippen LogP contribution in [0.5, 0.6) is 11.5 Å². The van der Waals surface area contributed by atoms with Gasteiger partial charge in [0.25, 0.3) is 11.7 Å². The summed E-state index contributed by atoms with van der Waals surface area (Å²) in [4.78, 5) is 27.1. The summed E-state index contributed by atoms with van der Waals surface area (Å²) < 4.78 is 15.7. The van der Waals surface area contributed by atoms with Crippen LogP contribution in [0, 0.1) is 0 Å². The van der Waals surface area contributed by atoms with E-state index in [1.165, 1.54) is 32.3 Å².